The number of likely N-dealkylation sites (N-methyl/N-ethyl adjacent to an activating group) is 1. The van der Waals surface area contributed by atoms with E-state index in [0.717, 1.165) is 0 Å². The number of aryl methyl sites for hydroxylation is 1. The number of nitrogens with zero attached hydrogens (tertiary/aromatic N) is 3. The third kappa shape index (κ3) is 2.11. The van der Waals surface area contributed by atoms with Crippen molar-refractivity contribution in [1.29, 1.82) is 0 Å². The molecular formula is C9H15N3O2. The summed E-state index contributed by atoms with van der Waals surface area (Å²) in [5.74, 6) is -0.0958. The summed E-state index contributed by atoms with van der Waals surface area (Å²) in [6.07, 6.45) is 1.58. The van der Waals surface area contributed by atoms with E-state index in [2.05, 4.69) is 5.10 Å². The molecule has 0 aliphatic heterocycles. The van der Waals surface area contributed by atoms with E-state index in [1.807, 2.05) is 6.92 Å². The highest BCUT2D eigenvalue weighted by atomic mass is 16.3. The Morgan fingerprint density at radius 1 is 1.71 bits per heavy atom. The maximum Gasteiger partial charge on any atom is 0.272 e. The first-order valence-corrected chi connectivity index (χ1v) is 4.58. The summed E-state index contributed by atoms with van der Waals surface area (Å²) in [7, 11) is 1.72. The molecule has 0 bridgehead atoms. The first kappa shape index (κ1) is 10.7. The van der Waals surface area contributed by atoms with Crippen molar-refractivity contribution in [3.05, 3.63) is 18.0 Å². The summed E-state index contributed by atoms with van der Waals surface area (Å²) < 4.78 is 1.53. The number of carbonyl (C=O) groups is 1. The van der Waals surface area contributed by atoms with E-state index in [4.69, 9.17) is 5.11 Å². The average molecular weight is 197 g/mol. The van der Waals surface area contributed by atoms with Crippen LogP contribution in [0.25, 0.3) is 0 Å². The Morgan fingerprint density at radius 2 is 2.43 bits per heavy atom. The Hall–Kier alpha value is -1.36. The van der Waals surface area contributed by atoms with Crippen LogP contribution in [0.15, 0.2) is 12.3 Å². The quantitative estimate of drug-likeness (QED) is 0.731. The van der Waals surface area contributed by atoms with Crippen LogP contribution in [0.2, 0.25) is 0 Å². The van der Waals surface area contributed by atoms with Crippen molar-refractivity contribution < 1.29 is 9.90 Å². The van der Waals surface area contributed by atoms with Gasteiger partial charge in [-0.1, -0.05) is 0 Å². The van der Waals surface area contributed by atoms with Gasteiger partial charge in [0, 0.05) is 26.3 Å². The largest absolute Gasteiger partial charge is 0.395 e. The van der Waals surface area contributed by atoms with E-state index in [9.17, 15) is 4.79 Å². The van der Waals surface area contributed by atoms with Crippen LogP contribution in [0.4, 0.5) is 0 Å². The Kier molecular flexibility index (Phi) is 3.64. The molecule has 0 atom stereocenters. The Labute approximate surface area is 82.9 Å². The molecule has 14 heavy (non-hydrogen) atoms. The highest BCUT2D eigenvalue weighted by Gasteiger charge is 2.16. The van der Waals surface area contributed by atoms with E-state index in [-0.39, 0.29) is 12.5 Å². The number of hydrogen-bond acceptors (Lipinski definition) is 3. The second kappa shape index (κ2) is 4.76. The van der Waals surface area contributed by atoms with Crippen LogP contribution in [0, 0.1) is 0 Å². The zero-order chi connectivity index (χ0) is 10.6. The molecule has 0 saturated carbocycles. The Bertz CT molecular complexity index is 309. The summed E-state index contributed by atoms with van der Waals surface area (Å²) in [6, 6.07) is 1.67. The molecule has 0 unspecified atom stereocenters. The van der Waals surface area contributed by atoms with Gasteiger partial charge in [-0.05, 0) is 13.0 Å². The van der Waals surface area contributed by atoms with Crippen LogP contribution in [0.1, 0.15) is 17.4 Å². The topological polar surface area (TPSA) is 58.4 Å². The van der Waals surface area contributed by atoms with E-state index in [0.29, 0.717) is 18.8 Å². The number of aromatic nitrogens is 2. The van der Waals surface area contributed by atoms with Gasteiger partial charge in [0.05, 0.1) is 6.61 Å². The van der Waals surface area contributed by atoms with Gasteiger partial charge in [-0.25, -0.2) is 0 Å². The fraction of sp³-hybridized carbons (Fsp3) is 0.556. The lowest BCUT2D eigenvalue weighted by atomic mass is 10.3. The third-order valence-electron chi connectivity index (χ3n) is 2.08. The molecule has 0 aliphatic carbocycles. The van der Waals surface area contributed by atoms with Crippen LogP contribution in [0.5, 0.6) is 0 Å². The molecule has 0 fully saturated rings. The lowest BCUT2D eigenvalue weighted by Gasteiger charge is -2.19. The molecule has 5 nitrogen and oxygen atoms in total. The summed E-state index contributed by atoms with van der Waals surface area (Å²) in [5, 5.41) is 12.7. The van der Waals surface area contributed by atoms with Gasteiger partial charge in [-0.3, -0.25) is 9.48 Å². The van der Waals surface area contributed by atoms with Crippen LogP contribution in [-0.4, -0.2) is 45.4 Å². The molecule has 5 heteroatoms. The van der Waals surface area contributed by atoms with Crippen LogP contribution in [-0.2, 0) is 7.05 Å². The van der Waals surface area contributed by atoms with Crippen molar-refractivity contribution in [2.45, 2.75) is 6.92 Å². The number of aliphatic hydroxyl groups is 1. The van der Waals surface area contributed by atoms with E-state index >= 15 is 0 Å². The van der Waals surface area contributed by atoms with Gasteiger partial charge >= 0.3 is 0 Å². The molecule has 78 valence electrons. The highest BCUT2D eigenvalue weighted by molar-refractivity contribution is 5.92. The Balaban J connectivity index is 2.78. The summed E-state index contributed by atoms with van der Waals surface area (Å²) >= 11 is 0. The van der Waals surface area contributed by atoms with Crippen molar-refractivity contribution in [3.63, 3.8) is 0 Å². The monoisotopic (exact) mass is 197 g/mol. The second-order valence-electron chi connectivity index (χ2n) is 2.95. The fourth-order valence-electron chi connectivity index (χ4n) is 1.27. The molecule has 1 amide bonds. The Morgan fingerprint density at radius 3 is 2.86 bits per heavy atom. The van der Waals surface area contributed by atoms with Crippen molar-refractivity contribution in [2.75, 3.05) is 19.7 Å². The SMILES string of the molecule is CCN(CCO)C(=O)c1ccnn1C. The zero-order valence-corrected chi connectivity index (χ0v) is 8.47. The summed E-state index contributed by atoms with van der Waals surface area (Å²) in [6.45, 7) is 2.81. The number of aliphatic hydroxyl groups excluding tert-OH is 1. The lowest BCUT2D eigenvalue weighted by molar-refractivity contribution is 0.0721. The molecule has 1 aromatic heterocycles. The van der Waals surface area contributed by atoms with Crippen molar-refractivity contribution in [1.82, 2.24) is 14.7 Å². The number of hydrogen-bond donors (Lipinski definition) is 1. The van der Waals surface area contributed by atoms with Gasteiger partial charge in [0.15, 0.2) is 0 Å². The first-order valence-electron chi connectivity index (χ1n) is 4.58. The van der Waals surface area contributed by atoms with E-state index in [1.54, 1.807) is 24.2 Å². The van der Waals surface area contributed by atoms with Gasteiger partial charge in [-0.2, -0.15) is 5.10 Å². The zero-order valence-electron chi connectivity index (χ0n) is 8.47. The molecule has 1 rings (SSSR count). The minimum Gasteiger partial charge on any atom is -0.395 e. The molecule has 0 saturated heterocycles. The van der Waals surface area contributed by atoms with Crippen LogP contribution < -0.4 is 0 Å². The van der Waals surface area contributed by atoms with Crippen molar-refractivity contribution >= 4 is 5.91 Å². The van der Waals surface area contributed by atoms with Gasteiger partial charge < -0.3 is 10.0 Å². The van der Waals surface area contributed by atoms with Gasteiger partial charge in [0.2, 0.25) is 0 Å². The average Bonchev–Trinajstić information content (AvgIpc) is 2.59. The molecule has 0 spiro atoms. The van der Waals surface area contributed by atoms with Gasteiger partial charge in [0.1, 0.15) is 5.69 Å². The number of rotatable bonds is 4. The third-order valence-corrected chi connectivity index (χ3v) is 2.08. The molecule has 0 radical (unpaired) electrons. The van der Waals surface area contributed by atoms with E-state index in [1.165, 1.54) is 4.68 Å². The standard InChI is InChI=1S/C9H15N3O2/c1-3-12(6-7-13)9(14)8-4-5-10-11(8)2/h4-5,13H,3,6-7H2,1-2H3. The molecule has 1 N–H and O–H groups in total. The second-order valence-corrected chi connectivity index (χ2v) is 2.95. The minimum absolute atomic E-state index is 0.0164. The molecule has 1 heterocycles. The maximum atomic E-state index is 11.8. The number of carbonyl (C=O) groups excluding carboxylic acids is 1. The molecular weight excluding hydrogens is 182 g/mol. The normalized spacial score (nSPS) is 10.2. The predicted octanol–water partition coefficient (Wildman–Crippen LogP) is -0.126. The number of amides is 1. The molecule has 0 aliphatic rings. The predicted molar refractivity (Wildman–Crippen MR) is 51.9 cm³/mol. The van der Waals surface area contributed by atoms with Crippen LogP contribution in [0.3, 0.4) is 0 Å². The van der Waals surface area contributed by atoms with Crippen molar-refractivity contribution in [2.24, 2.45) is 7.05 Å². The minimum atomic E-state index is -0.0958. The maximum absolute atomic E-state index is 11.8. The van der Waals surface area contributed by atoms with Crippen molar-refractivity contribution in [3.8, 4) is 0 Å². The van der Waals surface area contributed by atoms with E-state index < -0.39 is 0 Å². The molecule has 1 aromatic rings. The summed E-state index contributed by atoms with van der Waals surface area (Å²) in [5.41, 5.74) is 0.542. The lowest BCUT2D eigenvalue weighted by Crippen LogP contribution is -2.34. The van der Waals surface area contributed by atoms with Crippen LogP contribution >= 0.6 is 0 Å². The highest BCUT2D eigenvalue weighted by Crippen LogP contribution is 2.02. The smallest absolute Gasteiger partial charge is 0.272 e. The van der Waals surface area contributed by atoms with Gasteiger partial charge in [-0.15, -0.1) is 0 Å². The van der Waals surface area contributed by atoms with Gasteiger partial charge in [0.25, 0.3) is 5.91 Å². The molecule has 0 aromatic carbocycles. The first-order chi connectivity index (χ1) is 6.70. The summed E-state index contributed by atoms with van der Waals surface area (Å²) in [4.78, 5) is 13.4. The fourth-order valence-corrected chi connectivity index (χ4v) is 1.27.